The molecule has 5 heteroatoms. The Morgan fingerprint density at radius 2 is 2.00 bits per heavy atom. The molecule has 0 aliphatic rings. The molecule has 0 fully saturated rings. The van der Waals surface area contributed by atoms with E-state index in [-0.39, 0.29) is 12.0 Å². The fourth-order valence-corrected chi connectivity index (χ4v) is 3.12. The first kappa shape index (κ1) is 17.2. The molecule has 3 rings (SSSR count). The summed E-state index contributed by atoms with van der Waals surface area (Å²) in [6.07, 6.45) is 1.88. The lowest BCUT2D eigenvalue weighted by molar-refractivity contribution is 0.0951. The third-order valence-electron chi connectivity index (χ3n) is 3.61. The van der Waals surface area contributed by atoms with Crippen molar-refractivity contribution in [2.24, 2.45) is 0 Å². The van der Waals surface area contributed by atoms with Crippen LogP contribution in [0.5, 0.6) is 5.75 Å². The SMILES string of the molecule is CC(C)Oc1ccc(C(=O)NCc2cccnc2-c2ccsc2)cc1. The van der Waals surface area contributed by atoms with E-state index in [4.69, 9.17) is 4.74 Å². The zero-order chi connectivity index (χ0) is 17.6. The Labute approximate surface area is 151 Å². The van der Waals surface area contributed by atoms with Gasteiger partial charge < -0.3 is 10.1 Å². The minimum absolute atomic E-state index is 0.112. The van der Waals surface area contributed by atoms with Crippen LogP contribution < -0.4 is 10.1 Å². The number of carbonyl (C=O) groups is 1. The third-order valence-corrected chi connectivity index (χ3v) is 4.30. The lowest BCUT2D eigenvalue weighted by Gasteiger charge is -2.11. The van der Waals surface area contributed by atoms with Crippen LogP contribution in [0.25, 0.3) is 11.3 Å². The summed E-state index contributed by atoms with van der Waals surface area (Å²) >= 11 is 1.63. The van der Waals surface area contributed by atoms with Gasteiger partial charge >= 0.3 is 0 Å². The minimum atomic E-state index is -0.115. The molecule has 0 spiro atoms. The molecule has 4 nitrogen and oxygen atoms in total. The van der Waals surface area contributed by atoms with Crippen molar-refractivity contribution < 1.29 is 9.53 Å². The van der Waals surface area contributed by atoms with E-state index < -0.39 is 0 Å². The van der Waals surface area contributed by atoms with Gasteiger partial charge in [-0.15, -0.1) is 0 Å². The lowest BCUT2D eigenvalue weighted by atomic mass is 10.1. The Hall–Kier alpha value is -2.66. The number of benzene rings is 1. The summed E-state index contributed by atoms with van der Waals surface area (Å²) in [5, 5.41) is 7.04. The van der Waals surface area contributed by atoms with E-state index in [0.29, 0.717) is 12.1 Å². The largest absolute Gasteiger partial charge is 0.491 e. The van der Waals surface area contributed by atoms with Gasteiger partial charge in [0.1, 0.15) is 5.75 Å². The third kappa shape index (κ3) is 4.45. The lowest BCUT2D eigenvalue weighted by Crippen LogP contribution is -2.23. The molecule has 2 heterocycles. The van der Waals surface area contributed by atoms with Gasteiger partial charge in [-0.3, -0.25) is 9.78 Å². The monoisotopic (exact) mass is 352 g/mol. The molecule has 0 radical (unpaired) electrons. The average molecular weight is 352 g/mol. The molecule has 0 unspecified atom stereocenters. The van der Waals surface area contributed by atoms with Crippen molar-refractivity contribution in [3.05, 3.63) is 70.5 Å². The highest BCUT2D eigenvalue weighted by atomic mass is 32.1. The summed E-state index contributed by atoms with van der Waals surface area (Å²) in [6.45, 7) is 4.38. The number of nitrogens with zero attached hydrogens (tertiary/aromatic N) is 1. The van der Waals surface area contributed by atoms with Crippen LogP contribution in [0.2, 0.25) is 0 Å². The molecule has 3 aromatic rings. The van der Waals surface area contributed by atoms with Crippen molar-refractivity contribution >= 4 is 17.2 Å². The topological polar surface area (TPSA) is 51.2 Å². The molecule has 1 amide bonds. The quantitative estimate of drug-likeness (QED) is 0.709. The summed E-state index contributed by atoms with van der Waals surface area (Å²) in [5.74, 6) is 0.648. The first-order chi connectivity index (χ1) is 12.1. The summed E-state index contributed by atoms with van der Waals surface area (Å²) < 4.78 is 5.60. The van der Waals surface area contributed by atoms with Crippen LogP contribution in [0.15, 0.2) is 59.4 Å². The molecule has 128 valence electrons. The first-order valence-corrected chi connectivity index (χ1v) is 9.09. The Morgan fingerprint density at radius 3 is 2.68 bits per heavy atom. The molecule has 1 aromatic carbocycles. The van der Waals surface area contributed by atoms with Gasteiger partial charge in [-0.2, -0.15) is 11.3 Å². The minimum Gasteiger partial charge on any atom is -0.491 e. The highest BCUT2D eigenvalue weighted by molar-refractivity contribution is 7.08. The van der Waals surface area contributed by atoms with Crippen molar-refractivity contribution in [3.63, 3.8) is 0 Å². The fourth-order valence-electron chi connectivity index (χ4n) is 2.47. The van der Waals surface area contributed by atoms with Crippen molar-refractivity contribution in [1.29, 1.82) is 0 Å². The highest BCUT2D eigenvalue weighted by Crippen LogP contribution is 2.23. The maximum Gasteiger partial charge on any atom is 0.251 e. The Morgan fingerprint density at radius 1 is 1.20 bits per heavy atom. The van der Waals surface area contributed by atoms with E-state index >= 15 is 0 Å². The average Bonchev–Trinajstić information content (AvgIpc) is 3.14. The van der Waals surface area contributed by atoms with E-state index in [1.807, 2.05) is 49.6 Å². The number of aromatic nitrogens is 1. The summed E-state index contributed by atoms with van der Waals surface area (Å²) in [4.78, 5) is 16.8. The number of thiophene rings is 1. The molecular weight excluding hydrogens is 332 g/mol. The Balaban J connectivity index is 1.67. The van der Waals surface area contributed by atoms with Gasteiger partial charge in [-0.1, -0.05) is 6.07 Å². The maximum absolute atomic E-state index is 12.4. The Bertz CT molecular complexity index is 827. The van der Waals surface area contributed by atoms with Gasteiger partial charge in [-0.25, -0.2) is 0 Å². The molecule has 2 aromatic heterocycles. The molecule has 25 heavy (non-hydrogen) atoms. The van der Waals surface area contributed by atoms with Crippen LogP contribution in [0.4, 0.5) is 0 Å². The second kappa shape index (κ2) is 7.94. The van der Waals surface area contributed by atoms with Gasteiger partial charge in [0.15, 0.2) is 0 Å². The van der Waals surface area contributed by atoms with Gasteiger partial charge in [0.2, 0.25) is 0 Å². The normalized spacial score (nSPS) is 10.7. The zero-order valence-corrected chi connectivity index (χ0v) is 15.0. The second-order valence-corrected chi connectivity index (χ2v) is 6.68. The fraction of sp³-hybridized carbons (Fsp3) is 0.200. The van der Waals surface area contributed by atoms with E-state index in [1.165, 1.54) is 0 Å². The van der Waals surface area contributed by atoms with Crippen molar-refractivity contribution in [1.82, 2.24) is 10.3 Å². The number of nitrogens with one attached hydrogen (secondary N) is 1. The standard InChI is InChI=1S/C20H20N2O2S/c1-14(2)24-18-7-5-15(6-8-18)20(23)22-12-16-4-3-10-21-19(16)17-9-11-25-13-17/h3-11,13-14H,12H2,1-2H3,(H,22,23). The summed E-state index contributed by atoms with van der Waals surface area (Å²) in [7, 11) is 0. The molecule has 0 atom stereocenters. The number of carbonyl (C=O) groups excluding carboxylic acids is 1. The zero-order valence-electron chi connectivity index (χ0n) is 14.2. The van der Waals surface area contributed by atoms with Gasteiger partial charge in [-0.05, 0) is 61.2 Å². The number of rotatable bonds is 6. The molecule has 0 aliphatic carbocycles. The molecule has 0 bridgehead atoms. The van der Waals surface area contributed by atoms with Crippen LogP contribution in [-0.2, 0) is 6.54 Å². The second-order valence-electron chi connectivity index (χ2n) is 5.90. The smallest absolute Gasteiger partial charge is 0.251 e. The number of hydrogen-bond donors (Lipinski definition) is 1. The van der Waals surface area contributed by atoms with Crippen molar-refractivity contribution in [2.75, 3.05) is 0 Å². The summed E-state index contributed by atoms with van der Waals surface area (Å²) in [6, 6.07) is 13.1. The van der Waals surface area contributed by atoms with Gasteiger partial charge in [0.05, 0.1) is 11.8 Å². The predicted molar refractivity (Wildman–Crippen MR) is 101 cm³/mol. The van der Waals surface area contributed by atoms with E-state index in [0.717, 1.165) is 22.6 Å². The van der Waals surface area contributed by atoms with Crippen LogP contribution in [0, 0.1) is 0 Å². The first-order valence-electron chi connectivity index (χ1n) is 8.15. The molecule has 0 aliphatic heterocycles. The van der Waals surface area contributed by atoms with Crippen LogP contribution in [0.1, 0.15) is 29.8 Å². The predicted octanol–water partition coefficient (Wildman–Crippen LogP) is 4.53. The van der Waals surface area contributed by atoms with Crippen molar-refractivity contribution in [2.45, 2.75) is 26.5 Å². The van der Waals surface area contributed by atoms with Gasteiger partial charge in [0, 0.05) is 29.2 Å². The Kier molecular flexibility index (Phi) is 5.46. The number of ether oxygens (including phenoxy) is 1. The van der Waals surface area contributed by atoms with Crippen LogP contribution >= 0.6 is 11.3 Å². The molecule has 1 N–H and O–H groups in total. The number of hydrogen-bond acceptors (Lipinski definition) is 4. The van der Waals surface area contributed by atoms with E-state index in [9.17, 15) is 4.79 Å². The van der Waals surface area contributed by atoms with Crippen LogP contribution in [-0.4, -0.2) is 17.0 Å². The highest BCUT2D eigenvalue weighted by Gasteiger charge is 2.10. The van der Waals surface area contributed by atoms with Gasteiger partial charge in [0.25, 0.3) is 5.91 Å². The molecule has 0 saturated heterocycles. The number of pyridine rings is 1. The number of amides is 1. The van der Waals surface area contributed by atoms with E-state index in [2.05, 4.69) is 15.7 Å². The summed E-state index contributed by atoms with van der Waals surface area (Å²) in [5.41, 5.74) is 3.58. The van der Waals surface area contributed by atoms with Crippen molar-refractivity contribution in [3.8, 4) is 17.0 Å². The van der Waals surface area contributed by atoms with E-state index in [1.54, 1.807) is 29.7 Å². The molecule has 0 saturated carbocycles. The molecular formula is C20H20N2O2S. The maximum atomic E-state index is 12.4. The van der Waals surface area contributed by atoms with Crippen LogP contribution in [0.3, 0.4) is 0 Å².